The van der Waals surface area contributed by atoms with Gasteiger partial charge in [0.05, 0.1) is 17.6 Å². The minimum atomic E-state index is -3.47. The number of ether oxygens (including phenoxy) is 1. The van der Waals surface area contributed by atoms with Crippen LogP contribution in [0.4, 0.5) is 0 Å². The first-order valence-corrected chi connectivity index (χ1v) is 8.48. The van der Waals surface area contributed by atoms with Crippen molar-refractivity contribution in [1.29, 1.82) is 0 Å². The number of hydrogen-bond acceptors (Lipinski definition) is 4. The van der Waals surface area contributed by atoms with Crippen molar-refractivity contribution in [3.05, 3.63) is 18.0 Å². The van der Waals surface area contributed by atoms with Crippen LogP contribution in [-0.4, -0.2) is 32.2 Å². The van der Waals surface area contributed by atoms with Crippen molar-refractivity contribution < 1.29 is 13.2 Å². The average molecular weight is 301 g/mol. The largest absolute Gasteiger partial charge is 0.377 e. The summed E-state index contributed by atoms with van der Waals surface area (Å²) in [6.45, 7) is 1.03. The zero-order valence-corrected chi connectivity index (χ0v) is 12.7. The number of nitrogens with one attached hydrogen (secondary N) is 1. The predicted octanol–water partition coefficient (Wildman–Crippen LogP) is 0.721. The molecule has 0 atom stereocenters. The molecular formula is C13H23N3O3S. The van der Waals surface area contributed by atoms with E-state index in [1.54, 1.807) is 23.9 Å². The Labute approximate surface area is 120 Å². The molecule has 2 rings (SSSR count). The number of aryl methyl sites for hydroxylation is 1. The van der Waals surface area contributed by atoms with Crippen LogP contribution >= 0.6 is 0 Å². The van der Waals surface area contributed by atoms with Crippen LogP contribution in [0.5, 0.6) is 0 Å². The molecule has 1 heterocycles. The lowest BCUT2D eigenvalue weighted by molar-refractivity contribution is 0.0626. The third kappa shape index (κ3) is 3.82. The summed E-state index contributed by atoms with van der Waals surface area (Å²) in [6.07, 6.45) is 6.48. The lowest BCUT2D eigenvalue weighted by atomic mass is 10.3. The van der Waals surface area contributed by atoms with E-state index < -0.39 is 10.0 Å². The summed E-state index contributed by atoms with van der Waals surface area (Å²) in [7, 11) is -1.69. The molecule has 114 valence electrons. The van der Waals surface area contributed by atoms with Crippen molar-refractivity contribution in [1.82, 2.24) is 9.29 Å². The van der Waals surface area contributed by atoms with Gasteiger partial charge in [-0.25, -0.2) is 13.1 Å². The van der Waals surface area contributed by atoms with E-state index >= 15 is 0 Å². The molecule has 20 heavy (non-hydrogen) atoms. The van der Waals surface area contributed by atoms with Crippen LogP contribution in [0.3, 0.4) is 0 Å². The Morgan fingerprint density at radius 1 is 1.45 bits per heavy atom. The van der Waals surface area contributed by atoms with Gasteiger partial charge in [0.1, 0.15) is 0 Å². The third-order valence-electron chi connectivity index (χ3n) is 3.65. The van der Waals surface area contributed by atoms with Crippen LogP contribution in [0.15, 0.2) is 17.2 Å². The topological polar surface area (TPSA) is 86.3 Å². The van der Waals surface area contributed by atoms with E-state index in [1.165, 1.54) is 12.8 Å². The molecule has 3 N–H and O–H groups in total. The van der Waals surface area contributed by atoms with E-state index in [0.29, 0.717) is 25.8 Å². The second-order valence-corrected chi connectivity index (χ2v) is 6.92. The fraction of sp³-hybridized carbons (Fsp3) is 0.692. The molecule has 1 aromatic heterocycles. The average Bonchev–Trinajstić information content (AvgIpc) is 3.04. The standard InChI is InChI=1S/C13H23N3O3S/c1-16-10-13(8-11(16)9-14)20(17,18)15-6-7-19-12-4-2-3-5-12/h8,10,12,15H,2-7,9,14H2,1H3. The molecule has 0 amide bonds. The highest BCUT2D eigenvalue weighted by atomic mass is 32.2. The molecule has 1 saturated carbocycles. The van der Waals surface area contributed by atoms with Crippen LogP contribution in [0, 0.1) is 0 Å². The van der Waals surface area contributed by atoms with Crippen molar-refractivity contribution in [2.75, 3.05) is 13.2 Å². The third-order valence-corrected chi connectivity index (χ3v) is 5.08. The molecule has 1 aromatic rings. The van der Waals surface area contributed by atoms with Gasteiger partial charge in [-0.15, -0.1) is 0 Å². The van der Waals surface area contributed by atoms with Crippen LogP contribution < -0.4 is 10.5 Å². The van der Waals surface area contributed by atoms with Crippen molar-refractivity contribution in [2.24, 2.45) is 12.8 Å². The zero-order valence-electron chi connectivity index (χ0n) is 11.8. The maximum Gasteiger partial charge on any atom is 0.242 e. The highest BCUT2D eigenvalue weighted by Gasteiger charge is 2.18. The Balaban J connectivity index is 1.83. The van der Waals surface area contributed by atoms with Gasteiger partial charge in [0, 0.05) is 32.0 Å². The van der Waals surface area contributed by atoms with E-state index in [9.17, 15) is 8.42 Å². The molecule has 7 heteroatoms. The second kappa shape index (κ2) is 6.71. The fourth-order valence-electron chi connectivity index (χ4n) is 2.47. The highest BCUT2D eigenvalue weighted by molar-refractivity contribution is 7.89. The molecule has 0 bridgehead atoms. The number of nitrogens with zero attached hydrogens (tertiary/aromatic N) is 1. The van der Waals surface area contributed by atoms with Gasteiger partial charge in [-0.1, -0.05) is 12.8 Å². The Kier molecular flexibility index (Phi) is 5.20. The second-order valence-electron chi connectivity index (χ2n) is 5.16. The summed E-state index contributed by atoms with van der Waals surface area (Å²) in [4.78, 5) is 0.251. The Hall–Kier alpha value is -0.890. The molecule has 0 aromatic carbocycles. The lowest BCUT2D eigenvalue weighted by Crippen LogP contribution is -2.28. The normalized spacial score (nSPS) is 16.9. The van der Waals surface area contributed by atoms with Gasteiger partial charge in [-0.05, 0) is 18.9 Å². The smallest absolute Gasteiger partial charge is 0.242 e. The lowest BCUT2D eigenvalue weighted by Gasteiger charge is -2.11. The van der Waals surface area contributed by atoms with Gasteiger partial charge in [0.2, 0.25) is 10.0 Å². The quantitative estimate of drug-likeness (QED) is 0.727. The summed E-state index contributed by atoms with van der Waals surface area (Å²) >= 11 is 0. The van der Waals surface area contributed by atoms with Gasteiger partial charge in [0.15, 0.2) is 0 Å². The van der Waals surface area contributed by atoms with Crippen LogP contribution in [0.1, 0.15) is 31.4 Å². The SMILES string of the molecule is Cn1cc(S(=O)(=O)NCCOC2CCCC2)cc1CN. The van der Waals surface area contributed by atoms with Crippen molar-refractivity contribution in [3.63, 3.8) is 0 Å². The predicted molar refractivity (Wildman–Crippen MR) is 76.7 cm³/mol. The Bertz CT molecular complexity index is 533. The van der Waals surface area contributed by atoms with E-state index in [1.807, 2.05) is 0 Å². The molecule has 1 aliphatic rings. The molecular weight excluding hydrogens is 278 g/mol. The molecule has 0 aliphatic heterocycles. The zero-order chi connectivity index (χ0) is 14.6. The minimum absolute atomic E-state index is 0.251. The summed E-state index contributed by atoms with van der Waals surface area (Å²) < 4.78 is 34.1. The number of hydrogen-bond donors (Lipinski definition) is 2. The number of rotatable bonds is 7. The van der Waals surface area contributed by atoms with E-state index in [-0.39, 0.29) is 4.90 Å². The Morgan fingerprint density at radius 2 is 2.15 bits per heavy atom. The van der Waals surface area contributed by atoms with Crippen molar-refractivity contribution in [3.8, 4) is 0 Å². The maximum absolute atomic E-state index is 12.1. The molecule has 0 unspecified atom stereocenters. The first-order chi connectivity index (χ1) is 9.53. The summed E-state index contributed by atoms with van der Waals surface area (Å²) in [5, 5.41) is 0. The molecule has 6 nitrogen and oxygen atoms in total. The minimum Gasteiger partial charge on any atom is -0.377 e. The number of sulfonamides is 1. The van der Waals surface area contributed by atoms with Gasteiger partial charge < -0.3 is 15.0 Å². The van der Waals surface area contributed by atoms with Gasteiger partial charge in [0.25, 0.3) is 0 Å². The van der Waals surface area contributed by atoms with Crippen molar-refractivity contribution >= 4 is 10.0 Å². The van der Waals surface area contributed by atoms with Gasteiger partial charge in [-0.3, -0.25) is 0 Å². The highest BCUT2D eigenvalue weighted by Crippen LogP contribution is 2.20. The molecule has 0 spiro atoms. The van der Waals surface area contributed by atoms with Gasteiger partial charge >= 0.3 is 0 Å². The molecule has 1 fully saturated rings. The van der Waals surface area contributed by atoms with Gasteiger partial charge in [-0.2, -0.15) is 0 Å². The van der Waals surface area contributed by atoms with E-state index in [2.05, 4.69) is 4.72 Å². The first-order valence-electron chi connectivity index (χ1n) is 6.99. The summed E-state index contributed by atoms with van der Waals surface area (Å²) in [6, 6.07) is 1.60. The molecule has 1 aliphatic carbocycles. The first kappa shape index (κ1) is 15.5. The number of aromatic nitrogens is 1. The maximum atomic E-state index is 12.1. The summed E-state index contributed by atoms with van der Waals surface area (Å²) in [5.41, 5.74) is 6.33. The molecule has 0 saturated heterocycles. The Morgan fingerprint density at radius 3 is 2.75 bits per heavy atom. The van der Waals surface area contributed by atoms with Crippen LogP contribution in [0.2, 0.25) is 0 Å². The molecule has 0 radical (unpaired) electrons. The van der Waals surface area contributed by atoms with Crippen LogP contribution in [-0.2, 0) is 28.4 Å². The van der Waals surface area contributed by atoms with E-state index in [0.717, 1.165) is 18.5 Å². The number of nitrogens with two attached hydrogens (primary N) is 1. The van der Waals surface area contributed by atoms with Crippen molar-refractivity contribution in [2.45, 2.75) is 43.2 Å². The summed E-state index contributed by atoms with van der Waals surface area (Å²) in [5.74, 6) is 0. The fourth-order valence-corrected chi connectivity index (χ4v) is 3.57. The van der Waals surface area contributed by atoms with Crippen LogP contribution in [0.25, 0.3) is 0 Å². The monoisotopic (exact) mass is 301 g/mol. The van der Waals surface area contributed by atoms with E-state index in [4.69, 9.17) is 10.5 Å².